The molecule has 112 valence electrons. The molecular formula is C17H28N2O. The Hall–Kier alpha value is -0.900. The van der Waals surface area contributed by atoms with Crippen LogP contribution >= 0.6 is 0 Å². The number of benzene rings is 1. The summed E-state index contributed by atoms with van der Waals surface area (Å²) in [5.74, 6) is 0.834. The highest BCUT2D eigenvalue weighted by molar-refractivity contribution is 5.21. The summed E-state index contributed by atoms with van der Waals surface area (Å²) >= 11 is 0. The summed E-state index contributed by atoms with van der Waals surface area (Å²) in [6, 6.07) is 8.94. The van der Waals surface area contributed by atoms with Crippen molar-refractivity contribution in [3.63, 3.8) is 0 Å². The van der Waals surface area contributed by atoms with E-state index in [0.717, 1.165) is 32.2 Å². The minimum absolute atomic E-state index is 0.812. The zero-order chi connectivity index (χ0) is 14.2. The molecule has 1 heterocycles. The third-order valence-corrected chi connectivity index (χ3v) is 4.15. The van der Waals surface area contributed by atoms with E-state index in [-0.39, 0.29) is 0 Å². The Morgan fingerprint density at radius 2 is 1.90 bits per heavy atom. The van der Waals surface area contributed by atoms with E-state index in [1.54, 1.807) is 7.11 Å². The van der Waals surface area contributed by atoms with Crippen molar-refractivity contribution >= 4 is 0 Å². The minimum Gasteiger partial charge on any atom is -0.383 e. The van der Waals surface area contributed by atoms with E-state index in [1.165, 1.54) is 37.1 Å². The highest BCUT2D eigenvalue weighted by Crippen LogP contribution is 2.18. The minimum atomic E-state index is 0.812. The van der Waals surface area contributed by atoms with Gasteiger partial charge in [0.2, 0.25) is 0 Å². The molecule has 2 rings (SSSR count). The topological polar surface area (TPSA) is 24.5 Å². The van der Waals surface area contributed by atoms with E-state index in [4.69, 9.17) is 4.74 Å². The highest BCUT2D eigenvalue weighted by Gasteiger charge is 2.18. The van der Waals surface area contributed by atoms with Crippen LogP contribution in [-0.2, 0) is 11.3 Å². The van der Waals surface area contributed by atoms with E-state index in [1.807, 2.05) is 0 Å². The molecule has 1 aliphatic rings. The summed E-state index contributed by atoms with van der Waals surface area (Å²) in [5.41, 5.74) is 2.78. The lowest BCUT2D eigenvalue weighted by molar-refractivity contribution is 0.168. The third kappa shape index (κ3) is 5.23. The van der Waals surface area contributed by atoms with Crippen molar-refractivity contribution in [2.75, 3.05) is 39.9 Å². The Bertz CT molecular complexity index is 369. The van der Waals surface area contributed by atoms with Crippen LogP contribution in [0.3, 0.4) is 0 Å². The van der Waals surface area contributed by atoms with Gasteiger partial charge in [0, 0.05) is 20.2 Å². The third-order valence-electron chi connectivity index (χ3n) is 4.15. The number of ether oxygens (including phenoxy) is 1. The van der Waals surface area contributed by atoms with Crippen LogP contribution in [0.1, 0.15) is 24.0 Å². The number of aryl methyl sites for hydroxylation is 1. The Balaban J connectivity index is 1.65. The van der Waals surface area contributed by atoms with Gasteiger partial charge in [0.25, 0.3) is 0 Å². The Morgan fingerprint density at radius 3 is 2.55 bits per heavy atom. The molecule has 20 heavy (non-hydrogen) atoms. The molecule has 0 radical (unpaired) electrons. The second-order valence-electron chi connectivity index (χ2n) is 5.90. The van der Waals surface area contributed by atoms with E-state index in [0.29, 0.717) is 0 Å². The molecule has 1 fully saturated rings. The first-order chi connectivity index (χ1) is 9.78. The number of hydrogen-bond donors (Lipinski definition) is 1. The van der Waals surface area contributed by atoms with E-state index < -0.39 is 0 Å². The zero-order valence-electron chi connectivity index (χ0n) is 12.9. The van der Waals surface area contributed by atoms with Gasteiger partial charge in [0.05, 0.1) is 6.61 Å². The van der Waals surface area contributed by atoms with Crippen LogP contribution in [0.5, 0.6) is 0 Å². The monoisotopic (exact) mass is 276 g/mol. The van der Waals surface area contributed by atoms with Crippen molar-refractivity contribution in [1.82, 2.24) is 10.2 Å². The second kappa shape index (κ2) is 8.40. The van der Waals surface area contributed by atoms with Crippen LogP contribution < -0.4 is 5.32 Å². The first-order valence-electron chi connectivity index (χ1n) is 7.75. The fourth-order valence-electron chi connectivity index (χ4n) is 2.78. The average molecular weight is 276 g/mol. The molecule has 0 amide bonds. The van der Waals surface area contributed by atoms with Crippen LogP contribution in [0.25, 0.3) is 0 Å². The molecule has 3 heteroatoms. The molecule has 1 aliphatic heterocycles. The van der Waals surface area contributed by atoms with Gasteiger partial charge in [0.1, 0.15) is 0 Å². The highest BCUT2D eigenvalue weighted by atomic mass is 16.5. The predicted octanol–water partition coefficient (Wildman–Crippen LogP) is 2.44. The van der Waals surface area contributed by atoms with Crippen LogP contribution in [0.4, 0.5) is 0 Å². The second-order valence-corrected chi connectivity index (χ2v) is 5.90. The maximum atomic E-state index is 5.05. The molecule has 1 aromatic rings. The van der Waals surface area contributed by atoms with Gasteiger partial charge in [-0.25, -0.2) is 0 Å². The van der Waals surface area contributed by atoms with Crippen molar-refractivity contribution < 1.29 is 4.74 Å². The Morgan fingerprint density at radius 1 is 1.20 bits per heavy atom. The summed E-state index contributed by atoms with van der Waals surface area (Å²) in [5, 5.41) is 3.48. The predicted molar refractivity (Wildman–Crippen MR) is 83.9 cm³/mol. The van der Waals surface area contributed by atoms with E-state index >= 15 is 0 Å². The van der Waals surface area contributed by atoms with Gasteiger partial charge >= 0.3 is 0 Å². The van der Waals surface area contributed by atoms with Gasteiger partial charge in [-0.1, -0.05) is 29.8 Å². The van der Waals surface area contributed by atoms with Gasteiger partial charge in [0.15, 0.2) is 0 Å². The molecule has 0 spiro atoms. The smallest absolute Gasteiger partial charge is 0.0587 e. The van der Waals surface area contributed by atoms with Crippen molar-refractivity contribution in [1.29, 1.82) is 0 Å². The molecule has 0 aliphatic carbocycles. The number of piperidine rings is 1. The molecule has 1 aromatic carbocycles. The lowest BCUT2D eigenvalue weighted by Crippen LogP contribution is -2.37. The molecule has 0 aromatic heterocycles. The standard InChI is InChI=1S/C17H28N2O/c1-15-3-5-17(6-4-15)14-19-10-7-16(8-11-19)13-18-9-12-20-2/h3-6,16,18H,7-14H2,1-2H3. The quantitative estimate of drug-likeness (QED) is 0.774. The van der Waals surface area contributed by atoms with Gasteiger partial charge in [-0.15, -0.1) is 0 Å². The van der Waals surface area contributed by atoms with Crippen molar-refractivity contribution in [2.45, 2.75) is 26.3 Å². The molecule has 0 unspecified atom stereocenters. The maximum Gasteiger partial charge on any atom is 0.0587 e. The molecular weight excluding hydrogens is 248 g/mol. The molecule has 0 saturated carbocycles. The van der Waals surface area contributed by atoms with Crippen molar-refractivity contribution in [3.8, 4) is 0 Å². The summed E-state index contributed by atoms with van der Waals surface area (Å²) in [6.07, 6.45) is 2.62. The summed E-state index contributed by atoms with van der Waals surface area (Å²) < 4.78 is 5.05. The average Bonchev–Trinajstić information content (AvgIpc) is 2.48. The SMILES string of the molecule is COCCNCC1CCN(Cc2ccc(C)cc2)CC1. The number of rotatable bonds is 7. The van der Waals surface area contributed by atoms with Crippen molar-refractivity contribution in [2.24, 2.45) is 5.92 Å². The first-order valence-corrected chi connectivity index (χ1v) is 7.75. The van der Waals surface area contributed by atoms with Crippen LogP contribution in [0.15, 0.2) is 24.3 Å². The number of methoxy groups -OCH3 is 1. The fraction of sp³-hybridized carbons (Fsp3) is 0.647. The maximum absolute atomic E-state index is 5.05. The van der Waals surface area contributed by atoms with Crippen LogP contribution in [-0.4, -0.2) is 44.8 Å². The molecule has 1 saturated heterocycles. The summed E-state index contributed by atoms with van der Waals surface area (Å²) in [7, 11) is 1.76. The molecule has 0 atom stereocenters. The lowest BCUT2D eigenvalue weighted by Gasteiger charge is -2.32. The number of nitrogens with zero attached hydrogens (tertiary/aromatic N) is 1. The Kier molecular flexibility index (Phi) is 6.51. The van der Waals surface area contributed by atoms with Gasteiger partial charge < -0.3 is 10.1 Å². The molecule has 0 bridgehead atoms. The van der Waals surface area contributed by atoms with Crippen LogP contribution in [0, 0.1) is 12.8 Å². The normalized spacial score (nSPS) is 17.5. The largest absolute Gasteiger partial charge is 0.383 e. The number of likely N-dealkylation sites (tertiary alicyclic amines) is 1. The number of hydrogen-bond acceptors (Lipinski definition) is 3. The molecule has 3 nitrogen and oxygen atoms in total. The van der Waals surface area contributed by atoms with Gasteiger partial charge in [-0.2, -0.15) is 0 Å². The first kappa shape index (κ1) is 15.5. The van der Waals surface area contributed by atoms with E-state index in [9.17, 15) is 0 Å². The summed E-state index contributed by atoms with van der Waals surface area (Å²) in [6.45, 7) is 8.62. The zero-order valence-corrected chi connectivity index (χ0v) is 12.9. The number of nitrogens with one attached hydrogen (secondary N) is 1. The molecule has 1 N–H and O–H groups in total. The van der Waals surface area contributed by atoms with Crippen LogP contribution in [0.2, 0.25) is 0 Å². The Labute approximate surface area is 123 Å². The van der Waals surface area contributed by atoms with Gasteiger partial charge in [-0.3, -0.25) is 4.90 Å². The van der Waals surface area contributed by atoms with E-state index in [2.05, 4.69) is 41.4 Å². The van der Waals surface area contributed by atoms with Gasteiger partial charge in [-0.05, 0) is 50.9 Å². The van der Waals surface area contributed by atoms with Crippen molar-refractivity contribution in [3.05, 3.63) is 35.4 Å². The summed E-state index contributed by atoms with van der Waals surface area (Å²) in [4.78, 5) is 2.58. The lowest BCUT2D eigenvalue weighted by atomic mass is 9.96. The fourth-order valence-corrected chi connectivity index (χ4v) is 2.78.